The topological polar surface area (TPSA) is 47.7 Å². The molecule has 0 aliphatic rings. The molecule has 0 aromatic carbocycles. The molecule has 0 spiro atoms. The molecule has 1 N–H and O–H groups in total. The highest BCUT2D eigenvalue weighted by molar-refractivity contribution is 5.57. The summed E-state index contributed by atoms with van der Waals surface area (Å²) >= 11 is 0. The van der Waals surface area contributed by atoms with Gasteiger partial charge in [0.05, 0.1) is 12.2 Å². The molecule has 5 heteroatoms. The normalized spacial score (nSPS) is 10.7. The van der Waals surface area contributed by atoms with Gasteiger partial charge in [0.25, 0.3) is 0 Å². The fourth-order valence-electron chi connectivity index (χ4n) is 2.19. The first-order valence-corrected chi connectivity index (χ1v) is 6.55. The van der Waals surface area contributed by atoms with Crippen LogP contribution in [0.3, 0.4) is 0 Å². The van der Waals surface area contributed by atoms with Crippen LogP contribution in [0.1, 0.15) is 11.5 Å². The second-order valence-electron chi connectivity index (χ2n) is 4.68. The predicted octanol–water partition coefficient (Wildman–Crippen LogP) is 2.53. The summed E-state index contributed by atoms with van der Waals surface area (Å²) in [6.45, 7) is 2.73. The van der Waals surface area contributed by atoms with Crippen LogP contribution in [-0.4, -0.2) is 19.1 Å². The van der Waals surface area contributed by atoms with Crippen LogP contribution in [0.5, 0.6) is 0 Å². The molecule has 0 saturated carbocycles. The van der Waals surface area contributed by atoms with Gasteiger partial charge in [-0.15, -0.1) is 0 Å². The van der Waals surface area contributed by atoms with Crippen molar-refractivity contribution in [1.82, 2.24) is 19.1 Å². The average molecular weight is 267 g/mol. The third-order valence-corrected chi connectivity index (χ3v) is 3.35. The van der Waals surface area contributed by atoms with Crippen molar-refractivity contribution in [3.05, 3.63) is 60.6 Å². The van der Waals surface area contributed by atoms with Gasteiger partial charge in [-0.2, -0.15) is 0 Å². The largest absolute Gasteiger partial charge is 0.376 e. The highest BCUT2D eigenvalue weighted by Crippen LogP contribution is 2.19. The van der Waals surface area contributed by atoms with E-state index in [0.29, 0.717) is 0 Å². The van der Waals surface area contributed by atoms with Gasteiger partial charge in [0, 0.05) is 37.5 Å². The Morgan fingerprint density at radius 2 is 2.00 bits per heavy atom. The average Bonchev–Trinajstić information content (AvgIpc) is 3.06. The van der Waals surface area contributed by atoms with Gasteiger partial charge < -0.3 is 9.88 Å². The summed E-state index contributed by atoms with van der Waals surface area (Å²) in [6, 6.07) is 8.11. The number of rotatable bonds is 4. The van der Waals surface area contributed by atoms with E-state index in [1.54, 1.807) is 12.4 Å². The summed E-state index contributed by atoms with van der Waals surface area (Å²) < 4.78 is 4.08. The molecule has 0 radical (unpaired) electrons. The van der Waals surface area contributed by atoms with Gasteiger partial charge in [0.15, 0.2) is 5.82 Å². The zero-order chi connectivity index (χ0) is 13.9. The van der Waals surface area contributed by atoms with Gasteiger partial charge in [-0.05, 0) is 31.2 Å². The van der Waals surface area contributed by atoms with Crippen LogP contribution in [0, 0.1) is 6.92 Å². The number of aryl methyl sites for hydroxylation is 2. The van der Waals surface area contributed by atoms with Crippen LogP contribution in [0.15, 0.2) is 49.1 Å². The highest BCUT2D eigenvalue weighted by atomic mass is 15.1. The molecule has 0 unspecified atom stereocenters. The molecule has 102 valence electrons. The number of anilines is 1. The maximum Gasteiger partial charge on any atom is 0.161 e. The summed E-state index contributed by atoms with van der Waals surface area (Å²) in [6.07, 6.45) is 7.54. The highest BCUT2D eigenvalue weighted by Gasteiger charge is 2.08. The van der Waals surface area contributed by atoms with E-state index >= 15 is 0 Å². The van der Waals surface area contributed by atoms with E-state index in [4.69, 9.17) is 0 Å². The van der Waals surface area contributed by atoms with E-state index in [1.165, 1.54) is 5.69 Å². The zero-order valence-corrected chi connectivity index (χ0v) is 11.6. The number of imidazole rings is 1. The molecule has 5 nitrogen and oxygen atoms in total. The Morgan fingerprint density at radius 1 is 1.10 bits per heavy atom. The van der Waals surface area contributed by atoms with E-state index in [1.807, 2.05) is 49.1 Å². The molecule has 0 saturated heterocycles. The summed E-state index contributed by atoms with van der Waals surface area (Å²) in [5, 5.41) is 3.44. The molecule has 0 bridgehead atoms. The first-order valence-electron chi connectivity index (χ1n) is 6.55. The maximum atomic E-state index is 4.46. The number of nitrogens with zero attached hydrogens (tertiary/aromatic N) is 4. The van der Waals surface area contributed by atoms with Gasteiger partial charge in [-0.3, -0.25) is 4.57 Å². The number of pyridine rings is 1. The Labute approximate surface area is 117 Å². The van der Waals surface area contributed by atoms with Crippen molar-refractivity contribution in [2.45, 2.75) is 13.5 Å². The quantitative estimate of drug-likeness (QED) is 0.790. The fourth-order valence-corrected chi connectivity index (χ4v) is 2.19. The lowest BCUT2D eigenvalue weighted by Crippen LogP contribution is -2.08. The molecule has 3 aromatic heterocycles. The molecule has 0 fully saturated rings. The molecule has 0 amide bonds. The summed E-state index contributed by atoms with van der Waals surface area (Å²) in [5.41, 5.74) is 2.22. The Balaban J connectivity index is 1.87. The molecule has 3 heterocycles. The molecule has 0 atom stereocenters. The minimum absolute atomic E-state index is 0.760. The van der Waals surface area contributed by atoms with Crippen LogP contribution >= 0.6 is 0 Å². The van der Waals surface area contributed by atoms with Crippen molar-refractivity contribution in [1.29, 1.82) is 0 Å². The second-order valence-corrected chi connectivity index (χ2v) is 4.68. The molecule has 0 aliphatic heterocycles. The number of hydrogen-bond donors (Lipinski definition) is 1. The van der Waals surface area contributed by atoms with Crippen molar-refractivity contribution in [2.75, 3.05) is 5.32 Å². The SMILES string of the molecule is Cc1nccn1-c1ncccc1NCc1cccn1C. The lowest BCUT2D eigenvalue weighted by Gasteiger charge is -2.13. The van der Waals surface area contributed by atoms with Crippen molar-refractivity contribution >= 4 is 5.69 Å². The lowest BCUT2D eigenvalue weighted by molar-refractivity contribution is 0.839. The van der Waals surface area contributed by atoms with Gasteiger partial charge in [-0.25, -0.2) is 9.97 Å². The number of nitrogens with one attached hydrogen (secondary N) is 1. The van der Waals surface area contributed by atoms with Crippen molar-refractivity contribution in [2.24, 2.45) is 7.05 Å². The van der Waals surface area contributed by atoms with E-state index in [9.17, 15) is 0 Å². The van der Waals surface area contributed by atoms with Crippen LogP contribution in [-0.2, 0) is 13.6 Å². The Kier molecular flexibility index (Phi) is 3.25. The predicted molar refractivity (Wildman–Crippen MR) is 78.8 cm³/mol. The molecule has 3 aromatic rings. The van der Waals surface area contributed by atoms with Crippen molar-refractivity contribution < 1.29 is 0 Å². The Bertz CT molecular complexity index is 710. The maximum absolute atomic E-state index is 4.46. The monoisotopic (exact) mass is 267 g/mol. The molecular formula is C15H17N5. The van der Waals surface area contributed by atoms with Crippen LogP contribution in [0.4, 0.5) is 5.69 Å². The van der Waals surface area contributed by atoms with Gasteiger partial charge in [0.1, 0.15) is 5.82 Å². The minimum Gasteiger partial charge on any atom is -0.376 e. The smallest absolute Gasteiger partial charge is 0.161 e. The molecule has 20 heavy (non-hydrogen) atoms. The fraction of sp³-hybridized carbons (Fsp3) is 0.200. The van der Waals surface area contributed by atoms with Crippen LogP contribution < -0.4 is 5.32 Å². The van der Waals surface area contributed by atoms with Crippen molar-refractivity contribution in [3.8, 4) is 5.82 Å². The van der Waals surface area contributed by atoms with E-state index in [-0.39, 0.29) is 0 Å². The van der Waals surface area contributed by atoms with E-state index in [0.717, 1.165) is 23.9 Å². The summed E-state index contributed by atoms with van der Waals surface area (Å²) in [5.74, 6) is 1.79. The second kappa shape index (κ2) is 5.21. The first kappa shape index (κ1) is 12.5. The number of aromatic nitrogens is 4. The van der Waals surface area contributed by atoms with E-state index in [2.05, 4.69) is 25.9 Å². The summed E-state index contributed by atoms with van der Waals surface area (Å²) in [7, 11) is 2.04. The Morgan fingerprint density at radius 3 is 2.70 bits per heavy atom. The lowest BCUT2D eigenvalue weighted by atomic mass is 10.3. The van der Waals surface area contributed by atoms with Crippen molar-refractivity contribution in [3.63, 3.8) is 0 Å². The van der Waals surface area contributed by atoms with Gasteiger partial charge in [-0.1, -0.05) is 0 Å². The number of hydrogen-bond acceptors (Lipinski definition) is 3. The third kappa shape index (κ3) is 2.30. The first-order chi connectivity index (χ1) is 9.75. The van der Waals surface area contributed by atoms with Crippen LogP contribution in [0.2, 0.25) is 0 Å². The standard InChI is InChI=1S/C15H17N5/c1-12-16-8-10-20(12)15-14(6-3-7-17-15)18-11-13-5-4-9-19(13)2/h3-10,18H,11H2,1-2H3. The van der Waals surface area contributed by atoms with E-state index < -0.39 is 0 Å². The van der Waals surface area contributed by atoms with Gasteiger partial charge in [0.2, 0.25) is 0 Å². The zero-order valence-electron chi connectivity index (χ0n) is 11.6. The van der Waals surface area contributed by atoms with Crippen LogP contribution in [0.25, 0.3) is 5.82 Å². The van der Waals surface area contributed by atoms with Gasteiger partial charge >= 0.3 is 0 Å². The molecule has 3 rings (SSSR count). The molecular weight excluding hydrogens is 250 g/mol. The minimum atomic E-state index is 0.760. The third-order valence-electron chi connectivity index (χ3n) is 3.35. The molecule has 0 aliphatic carbocycles. The summed E-state index contributed by atoms with van der Waals surface area (Å²) in [4.78, 5) is 8.71. The Hall–Kier alpha value is -2.56.